The Morgan fingerprint density at radius 2 is 1.84 bits per heavy atom. The lowest BCUT2D eigenvalue weighted by Gasteiger charge is -2.28. The van der Waals surface area contributed by atoms with Crippen molar-refractivity contribution in [3.05, 3.63) is 29.3 Å². The first kappa shape index (κ1) is 14.4. The molecule has 0 aromatic heterocycles. The van der Waals surface area contributed by atoms with Crippen molar-refractivity contribution in [3.8, 4) is 5.75 Å². The lowest BCUT2D eigenvalue weighted by Crippen LogP contribution is -2.24. The van der Waals surface area contributed by atoms with Crippen LogP contribution in [0.4, 0.5) is 0 Å². The molecule has 1 aromatic rings. The minimum absolute atomic E-state index is 0.0233. The largest absolute Gasteiger partial charge is 0.494 e. The lowest BCUT2D eigenvalue weighted by molar-refractivity contribution is -0.149. The Morgan fingerprint density at radius 3 is 2.37 bits per heavy atom. The molecule has 19 heavy (non-hydrogen) atoms. The van der Waals surface area contributed by atoms with E-state index in [1.807, 2.05) is 26.0 Å². The van der Waals surface area contributed by atoms with Gasteiger partial charge in [-0.2, -0.15) is 0 Å². The Bertz CT molecular complexity index is 440. The lowest BCUT2D eigenvalue weighted by atomic mass is 9.84. The second-order valence-electron chi connectivity index (χ2n) is 6.04. The van der Waals surface area contributed by atoms with E-state index in [1.165, 1.54) is 5.56 Å². The highest BCUT2D eigenvalue weighted by Crippen LogP contribution is 2.37. The third kappa shape index (κ3) is 2.93. The van der Waals surface area contributed by atoms with Gasteiger partial charge in [0.1, 0.15) is 5.75 Å². The SMILES string of the molecule is CCOc1ccc(C2(C)OCCO2)cc1C(C)(C)C. The second-order valence-corrected chi connectivity index (χ2v) is 6.04. The highest BCUT2D eigenvalue weighted by molar-refractivity contribution is 5.43. The minimum Gasteiger partial charge on any atom is -0.494 e. The molecule has 0 unspecified atom stereocenters. The molecule has 3 nitrogen and oxygen atoms in total. The highest BCUT2D eigenvalue weighted by atomic mass is 16.7. The van der Waals surface area contributed by atoms with Crippen LogP contribution in [-0.4, -0.2) is 19.8 Å². The van der Waals surface area contributed by atoms with Crippen molar-refractivity contribution in [2.45, 2.75) is 45.8 Å². The Kier molecular flexibility index (Phi) is 3.88. The summed E-state index contributed by atoms with van der Waals surface area (Å²) in [6.45, 7) is 12.5. The van der Waals surface area contributed by atoms with E-state index in [1.54, 1.807) is 0 Å². The van der Waals surface area contributed by atoms with Crippen LogP contribution in [0.2, 0.25) is 0 Å². The Morgan fingerprint density at radius 1 is 1.21 bits per heavy atom. The molecule has 2 rings (SSSR count). The molecule has 0 amide bonds. The number of rotatable bonds is 3. The Labute approximate surface area is 115 Å². The van der Waals surface area contributed by atoms with Crippen LogP contribution in [0.15, 0.2) is 18.2 Å². The van der Waals surface area contributed by atoms with Gasteiger partial charge in [-0.3, -0.25) is 0 Å². The smallest absolute Gasteiger partial charge is 0.192 e. The molecule has 0 radical (unpaired) electrons. The van der Waals surface area contributed by atoms with Crippen LogP contribution < -0.4 is 4.74 Å². The number of hydrogen-bond donors (Lipinski definition) is 0. The molecular formula is C16H24O3. The van der Waals surface area contributed by atoms with E-state index in [2.05, 4.69) is 26.8 Å². The highest BCUT2D eigenvalue weighted by Gasteiger charge is 2.34. The first-order valence-corrected chi connectivity index (χ1v) is 6.92. The molecule has 0 atom stereocenters. The average Bonchev–Trinajstić information content (AvgIpc) is 2.77. The van der Waals surface area contributed by atoms with E-state index in [0.717, 1.165) is 11.3 Å². The molecule has 1 aliphatic rings. The van der Waals surface area contributed by atoms with Crippen LogP contribution in [0.25, 0.3) is 0 Å². The quantitative estimate of drug-likeness (QED) is 0.835. The summed E-state index contributed by atoms with van der Waals surface area (Å²) in [4.78, 5) is 0. The summed E-state index contributed by atoms with van der Waals surface area (Å²) in [5.74, 6) is 0.324. The fourth-order valence-corrected chi connectivity index (χ4v) is 2.36. The number of ether oxygens (including phenoxy) is 3. The molecule has 0 N–H and O–H groups in total. The van der Waals surface area contributed by atoms with Crippen molar-refractivity contribution in [2.75, 3.05) is 19.8 Å². The standard InChI is InChI=1S/C16H24O3/c1-6-17-14-8-7-12(11-13(14)15(2,3)4)16(5)18-9-10-19-16/h7-8,11H,6,9-10H2,1-5H3. The zero-order chi connectivity index (χ0) is 14.1. The zero-order valence-corrected chi connectivity index (χ0v) is 12.6. The molecular weight excluding hydrogens is 240 g/mol. The van der Waals surface area contributed by atoms with Crippen molar-refractivity contribution < 1.29 is 14.2 Å². The predicted molar refractivity (Wildman–Crippen MR) is 75.6 cm³/mol. The molecule has 0 bridgehead atoms. The van der Waals surface area contributed by atoms with Crippen molar-refractivity contribution in [2.24, 2.45) is 0 Å². The van der Waals surface area contributed by atoms with Crippen LogP contribution in [-0.2, 0) is 20.7 Å². The summed E-state index contributed by atoms with van der Waals surface area (Å²) in [6.07, 6.45) is 0. The summed E-state index contributed by atoms with van der Waals surface area (Å²) in [5.41, 5.74) is 2.26. The van der Waals surface area contributed by atoms with Gasteiger partial charge in [-0.25, -0.2) is 0 Å². The maximum atomic E-state index is 5.73. The minimum atomic E-state index is -0.620. The molecule has 106 valence electrons. The van der Waals surface area contributed by atoms with Crippen molar-refractivity contribution in [3.63, 3.8) is 0 Å². The number of benzene rings is 1. The third-order valence-corrected chi connectivity index (χ3v) is 3.45. The maximum absolute atomic E-state index is 5.73. The van der Waals surface area contributed by atoms with Crippen LogP contribution in [0.5, 0.6) is 5.75 Å². The first-order chi connectivity index (χ1) is 8.87. The molecule has 3 heteroatoms. The summed E-state index contributed by atoms with van der Waals surface area (Å²) in [5, 5.41) is 0. The van der Waals surface area contributed by atoms with Crippen LogP contribution in [0.1, 0.15) is 45.7 Å². The van der Waals surface area contributed by atoms with Gasteiger partial charge in [0.05, 0.1) is 19.8 Å². The van der Waals surface area contributed by atoms with E-state index < -0.39 is 5.79 Å². The van der Waals surface area contributed by atoms with Gasteiger partial charge in [0.25, 0.3) is 0 Å². The predicted octanol–water partition coefficient (Wildman–Crippen LogP) is 3.60. The van der Waals surface area contributed by atoms with Crippen LogP contribution in [0.3, 0.4) is 0 Å². The van der Waals surface area contributed by atoms with Gasteiger partial charge in [0.15, 0.2) is 5.79 Å². The van der Waals surface area contributed by atoms with Crippen LogP contribution >= 0.6 is 0 Å². The summed E-state index contributed by atoms with van der Waals surface area (Å²) >= 11 is 0. The van der Waals surface area contributed by atoms with E-state index >= 15 is 0 Å². The summed E-state index contributed by atoms with van der Waals surface area (Å²) < 4.78 is 17.2. The van der Waals surface area contributed by atoms with Gasteiger partial charge in [-0.05, 0) is 43.0 Å². The number of hydrogen-bond acceptors (Lipinski definition) is 3. The second kappa shape index (κ2) is 5.14. The summed E-state index contributed by atoms with van der Waals surface area (Å²) in [7, 11) is 0. The van der Waals surface area contributed by atoms with Gasteiger partial charge in [-0.15, -0.1) is 0 Å². The van der Waals surface area contributed by atoms with Crippen LogP contribution in [0, 0.1) is 0 Å². The van der Waals surface area contributed by atoms with Crippen molar-refractivity contribution >= 4 is 0 Å². The van der Waals surface area contributed by atoms with E-state index in [9.17, 15) is 0 Å². The molecule has 0 aliphatic carbocycles. The topological polar surface area (TPSA) is 27.7 Å². The normalized spacial score (nSPS) is 18.6. The van der Waals surface area contributed by atoms with Crippen molar-refractivity contribution in [1.82, 2.24) is 0 Å². The summed E-state index contributed by atoms with van der Waals surface area (Å²) in [6, 6.07) is 6.21. The third-order valence-electron chi connectivity index (χ3n) is 3.45. The van der Waals surface area contributed by atoms with Gasteiger partial charge in [-0.1, -0.05) is 20.8 Å². The van der Waals surface area contributed by atoms with E-state index in [4.69, 9.17) is 14.2 Å². The maximum Gasteiger partial charge on any atom is 0.192 e. The Hall–Kier alpha value is -1.06. The molecule has 0 saturated carbocycles. The van der Waals surface area contributed by atoms with E-state index in [-0.39, 0.29) is 5.41 Å². The van der Waals surface area contributed by atoms with E-state index in [0.29, 0.717) is 19.8 Å². The monoisotopic (exact) mass is 264 g/mol. The van der Waals surface area contributed by atoms with Gasteiger partial charge in [0, 0.05) is 5.56 Å². The molecule has 1 fully saturated rings. The Balaban J connectivity index is 2.43. The fourth-order valence-electron chi connectivity index (χ4n) is 2.36. The van der Waals surface area contributed by atoms with Gasteiger partial charge in [0.2, 0.25) is 0 Å². The molecule has 1 saturated heterocycles. The fraction of sp³-hybridized carbons (Fsp3) is 0.625. The molecule has 0 spiro atoms. The molecule has 1 aromatic carbocycles. The van der Waals surface area contributed by atoms with Crippen molar-refractivity contribution in [1.29, 1.82) is 0 Å². The van der Waals surface area contributed by atoms with Gasteiger partial charge < -0.3 is 14.2 Å². The molecule has 1 aliphatic heterocycles. The zero-order valence-electron chi connectivity index (χ0n) is 12.6. The molecule has 1 heterocycles. The first-order valence-electron chi connectivity index (χ1n) is 6.92. The van der Waals surface area contributed by atoms with Gasteiger partial charge >= 0.3 is 0 Å². The average molecular weight is 264 g/mol.